The van der Waals surface area contributed by atoms with Crippen LogP contribution in [0.4, 0.5) is 0 Å². The fourth-order valence-electron chi connectivity index (χ4n) is 1.96. The van der Waals surface area contributed by atoms with Crippen molar-refractivity contribution in [3.63, 3.8) is 0 Å². The fourth-order valence-corrected chi connectivity index (χ4v) is 1.96. The number of unbranched alkanes of at least 4 members (excludes halogenated alkanes) is 1. The van der Waals surface area contributed by atoms with Gasteiger partial charge in [-0.05, 0) is 37.0 Å². The molecular formula is C16H23NO. The number of rotatable bonds is 7. The molecule has 98 valence electrons. The number of aryl methyl sites for hydroxylation is 1. The molecule has 0 N–H and O–H groups in total. The van der Waals surface area contributed by atoms with Gasteiger partial charge in [-0.1, -0.05) is 39.2 Å². The molecule has 0 bridgehead atoms. The Balaban J connectivity index is 2.59. The van der Waals surface area contributed by atoms with Gasteiger partial charge in [0.25, 0.3) is 0 Å². The van der Waals surface area contributed by atoms with Crippen molar-refractivity contribution < 1.29 is 4.74 Å². The third-order valence-electron chi connectivity index (χ3n) is 3.27. The Morgan fingerprint density at radius 1 is 1.33 bits per heavy atom. The van der Waals surface area contributed by atoms with Gasteiger partial charge in [-0.3, -0.25) is 0 Å². The Morgan fingerprint density at radius 3 is 2.72 bits per heavy atom. The highest BCUT2D eigenvalue weighted by Gasteiger charge is 2.09. The summed E-state index contributed by atoms with van der Waals surface area (Å²) >= 11 is 0. The van der Waals surface area contributed by atoms with Gasteiger partial charge in [-0.2, -0.15) is 5.26 Å². The molecule has 2 nitrogen and oxygen atoms in total. The minimum absolute atomic E-state index is 0.595. The molecule has 18 heavy (non-hydrogen) atoms. The van der Waals surface area contributed by atoms with Crippen LogP contribution in [0, 0.1) is 24.2 Å². The summed E-state index contributed by atoms with van der Waals surface area (Å²) in [6.45, 7) is 7.11. The summed E-state index contributed by atoms with van der Waals surface area (Å²) in [5, 5.41) is 9.08. The number of hydrogen-bond donors (Lipinski definition) is 0. The van der Waals surface area contributed by atoms with Gasteiger partial charge in [0.15, 0.2) is 0 Å². The molecular weight excluding hydrogens is 222 g/mol. The van der Waals surface area contributed by atoms with Crippen molar-refractivity contribution in [3.8, 4) is 11.8 Å². The normalized spacial score (nSPS) is 11.9. The van der Waals surface area contributed by atoms with E-state index in [1.165, 1.54) is 19.3 Å². The summed E-state index contributed by atoms with van der Waals surface area (Å²) in [4.78, 5) is 0. The molecule has 0 amide bonds. The van der Waals surface area contributed by atoms with E-state index in [2.05, 4.69) is 19.9 Å². The monoisotopic (exact) mass is 245 g/mol. The van der Waals surface area contributed by atoms with Crippen LogP contribution < -0.4 is 4.74 Å². The molecule has 1 atom stereocenters. The number of nitrogens with zero attached hydrogens (tertiary/aromatic N) is 1. The number of hydrogen-bond acceptors (Lipinski definition) is 2. The maximum absolute atomic E-state index is 9.08. The standard InChI is InChI=1S/C16H23NO/c1-4-6-7-14(5-2)12-18-16-9-8-13(3)10-15(16)11-17/h8-10,14H,4-7,12H2,1-3H3. The zero-order valence-electron chi connectivity index (χ0n) is 11.7. The molecule has 0 radical (unpaired) electrons. The maximum atomic E-state index is 9.08. The van der Waals surface area contributed by atoms with Crippen LogP contribution in [0.2, 0.25) is 0 Å². The average molecular weight is 245 g/mol. The van der Waals surface area contributed by atoms with Gasteiger partial charge < -0.3 is 4.74 Å². The Bertz CT molecular complexity index is 406. The van der Waals surface area contributed by atoms with Gasteiger partial charge in [0.05, 0.1) is 12.2 Å². The zero-order valence-corrected chi connectivity index (χ0v) is 11.7. The molecule has 0 aliphatic rings. The molecule has 1 aromatic rings. The molecule has 0 heterocycles. The molecule has 0 saturated heterocycles. The number of benzene rings is 1. The van der Waals surface area contributed by atoms with Crippen LogP contribution in [0.5, 0.6) is 5.75 Å². The highest BCUT2D eigenvalue weighted by molar-refractivity contribution is 5.45. The van der Waals surface area contributed by atoms with Gasteiger partial charge in [-0.15, -0.1) is 0 Å². The summed E-state index contributed by atoms with van der Waals surface area (Å²) in [5.41, 5.74) is 1.73. The average Bonchev–Trinajstić information content (AvgIpc) is 2.40. The van der Waals surface area contributed by atoms with Crippen LogP contribution in [-0.2, 0) is 0 Å². The molecule has 0 aliphatic heterocycles. The molecule has 0 saturated carbocycles. The van der Waals surface area contributed by atoms with Crippen LogP contribution in [-0.4, -0.2) is 6.61 Å². The summed E-state index contributed by atoms with van der Waals surface area (Å²) in [7, 11) is 0. The minimum Gasteiger partial charge on any atom is -0.492 e. The van der Waals surface area contributed by atoms with Gasteiger partial charge in [0.1, 0.15) is 11.8 Å². The first-order valence-electron chi connectivity index (χ1n) is 6.84. The second-order valence-electron chi connectivity index (χ2n) is 4.84. The lowest BCUT2D eigenvalue weighted by molar-refractivity contribution is 0.233. The first-order chi connectivity index (χ1) is 8.71. The highest BCUT2D eigenvalue weighted by atomic mass is 16.5. The Hall–Kier alpha value is -1.49. The molecule has 0 fully saturated rings. The van der Waals surface area contributed by atoms with Crippen molar-refractivity contribution in [1.82, 2.24) is 0 Å². The summed E-state index contributed by atoms with van der Waals surface area (Å²) in [6, 6.07) is 7.97. The van der Waals surface area contributed by atoms with Crippen LogP contribution in [0.3, 0.4) is 0 Å². The van der Waals surface area contributed by atoms with Crippen molar-refractivity contribution in [2.45, 2.75) is 46.5 Å². The highest BCUT2D eigenvalue weighted by Crippen LogP contribution is 2.21. The largest absolute Gasteiger partial charge is 0.492 e. The topological polar surface area (TPSA) is 33.0 Å². The van der Waals surface area contributed by atoms with E-state index in [1.807, 2.05) is 25.1 Å². The van der Waals surface area contributed by atoms with Gasteiger partial charge >= 0.3 is 0 Å². The minimum atomic E-state index is 0.595. The van der Waals surface area contributed by atoms with Crippen molar-refractivity contribution in [2.24, 2.45) is 5.92 Å². The van der Waals surface area contributed by atoms with E-state index < -0.39 is 0 Å². The second-order valence-corrected chi connectivity index (χ2v) is 4.84. The number of ether oxygens (including phenoxy) is 1. The van der Waals surface area contributed by atoms with Crippen molar-refractivity contribution >= 4 is 0 Å². The first-order valence-corrected chi connectivity index (χ1v) is 6.84. The van der Waals surface area contributed by atoms with Gasteiger partial charge in [-0.25, -0.2) is 0 Å². The SMILES string of the molecule is CCCCC(CC)COc1ccc(C)cc1C#N. The van der Waals surface area contributed by atoms with E-state index in [4.69, 9.17) is 10.00 Å². The third-order valence-corrected chi connectivity index (χ3v) is 3.27. The Labute approximate surface area is 111 Å². The quantitative estimate of drug-likeness (QED) is 0.710. The van der Waals surface area contributed by atoms with E-state index in [-0.39, 0.29) is 0 Å². The lowest BCUT2D eigenvalue weighted by Crippen LogP contribution is -2.11. The van der Waals surface area contributed by atoms with Crippen LogP contribution in [0.1, 0.15) is 50.7 Å². The second kappa shape index (κ2) is 7.76. The smallest absolute Gasteiger partial charge is 0.137 e. The summed E-state index contributed by atoms with van der Waals surface area (Å²) < 4.78 is 5.81. The van der Waals surface area contributed by atoms with E-state index in [0.29, 0.717) is 18.1 Å². The lowest BCUT2D eigenvalue weighted by atomic mass is 10.0. The molecule has 0 spiro atoms. The third kappa shape index (κ3) is 4.41. The molecule has 1 unspecified atom stereocenters. The number of nitriles is 1. The summed E-state index contributed by atoms with van der Waals surface area (Å²) in [6.07, 6.45) is 4.82. The first kappa shape index (κ1) is 14.6. The Morgan fingerprint density at radius 2 is 2.11 bits per heavy atom. The van der Waals surface area contributed by atoms with Crippen molar-refractivity contribution in [3.05, 3.63) is 29.3 Å². The van der Waals surface area contributed by atoms with Gasteiger partial charge in [0, 0.05) is 0 Å². The molecule has 1 aromatic carbocycles. The van der Waals surface area contributed by atoms with Gasteiger partial charge in [0.2, 0.25) is 0 Å². The van der Waals surface area contributed by atoms with Crippen LogP contribution in [0.25, 0.3) is 0 Å². The Kier molecular flexibility index (Phi) is 6.28. The fraction of sp³-hybridized carbons (Fsp3) is 0.562. The van der Waals surface area contributed by atoms with E-state index in [9.17, 15) is 0 Å². The molecule has 2 heteroatoms. The van der Waals surface area contributed by atoms with E-state index >= 15 is 0 Å². The van der Waals surface area contributed by atoms with Crippen molar-refractivity contribution in [1.29, 1.82) is 5.26 Å². The molecule has 0 aromatic heterocycles. The van der Waals surface area contributed by atoms with Crippen LogP contribution >= 0.6 is 0 Å². The van der Waals surface area contributed by atoms with Crippen molar-refractivity contribution in [2.75, 3.05) is 6.61 Å². The van der Waals surface area contributed by atoms with E-state index in [1.54, 1.807) is 0 Å². The summed E-state index contributed by atoms with van der Waals surface area (Å²) in [5.74, 6) is 1.32. The molecule has 0 aliphatic carbocycles. The predicted molar refractivity (Wildman–Crippen MR) is 74.7 cm³/mol. The zero-order chi connectivity index (χ0) is 13.4. The van der Waals surface area contributed by atoms with Crippen LogP contribution in [0.15, 0.2) is 18.2 Å². The predicted octanol–water partition coefficient (Wildman–Crippen LogP) is 4.46. The maximum Gasteiger partial charge on any atom is 0.137 e. The van der Waals surface area contributed by atoms with E-state index in [0.717, 1.165) is 17.7 Å². The lowest BCUT2D eigenvalue weighted by Gasteiger charge is -2.16. The molecule has 1 rings (SSSR count).